The van der Waals surface area contributed by atoms with Crippen LogP contribution in [-0.2, 0) is 9.53 Å². The number of hydrogen-bond acceptors (Lipinski definition) is 6. The number of nitrogens with zero attached hydrogens (tertiary/aromatic N) is 2. The zero-order valence-corrected chi connectivity index (χ0v) is 12.7. The lowest BCUT2D eigenvalue weighted by atomic mass is 10.2. The second-order valence-corrected chi connectivity index (χ2v) is 4.74. The Bertz CT molecular complexity index is 435. The number of ether oxygens (including phenoxy) is 1. The molecule has 0 spiro atoms. The van der Waals surface area contributed by atoms with Crippen molar-refractivity contribution in [1.82, 2.24) is 9.97 Å². The van der Waals surface area contributed by atoms with Crippen molar-refractivity contribution in [2.75, 3.05) is 30.3 Å². The molecule has 20 heavy (non-hydrogen) atoms. The van der Waals surface area contributed by atoms with Gasteiger partial charge in [-0.3, -0.25) is 4.79 Å². The van der Waals surface area contributed by atoms with Crippen molar-refractivity contribution in [3.63, 3.8) is 0 Å². The molecule has 0 bridgehead atoms. The zero-order chi connectivity index (χ0) is 15.0. The minimum atomic E-state index is -0.291. The molecule has 0 aliphatic heterocycles. The smallest absolute Gasteiger partial charge is 0.325 e. The van der Waals surface area contributed by atoms with Crippen molar-refractivity contribution in [2.45, 2.75) is 40.0 Å². The van der Waals surface area contributed by atoms with E-state index in [1.165, 1.54) is 0 Å². The van der Waals surface area contributed by atoms with Crippen LogP contribution in [0.25, 0.3) is 0 Å². The van der Waals surface area contributed by atoms with Gasteiger partial charge in [0.1, 0.15) is 24.0 Å². The Morgan fingerprint density at radius 2 is 1.90 bits per heavy atom. The summed E-state index contributed by atoms with van der Waals surface area (Å²) in [6.07, 6.45) is 1.02. The highest BCUT2D eigenvalue weighted by Gasteiger charge is 2.09. The van der Waals surface area contributed by atoms with Crippen LogP contribution in [0.5, 0.6) is 0 Å². The molecule has 1 aromatic rings. The van der Waals surface area contributed by atoms with E-state index in [1.54, 1.807) is 13.0 Å². The predicted octanol–water partition coefficient (Wildman–Crippen LogP) is 2.40. The van der Waals surface area contributed by atoms with Crippen molar-refractivity contribution >= 4 is 17.6 Å². The van der Waals surface area contributed by atoms with Gasteiger partial charge in [-0.05, 0) is 13.3 Å². The number of carbonyl (C=O) groups excluding carboxylic acids is 1. The van der Waals surface area contributed by atoms with E-state index < -0.39 is 0 Å². The van der Waals surface area contributed by atoms with Gasteiger partial charge in [0.05, 0.1) is 6.61 Å². The number of aromatic nitrogens is 2. The van der Waals surface area contributed by atoms with Gasteiger partial charge in [0.25, 0.3) is 0 Å². The molecule has 0 fully saturated rings. The first-order chi connectivity index (χ1) is 9.56. The molecule has 0 aliphatic rings. The highest BCUT2D eigenvalue weighted by molar-refractivity contribution is 5.74. The predicted molar refractivity (Wildman–Crippen MR) is 80.0 cm³/mol. The van der Waals surface area contributed by atoms with Crippen LogP contribution in [-0.4, -0.2) is 35.6 Å². The van der Waals surface area contributed by atoms with E-state index in [4.69, 9.17) is 4.74 Å². The average molecular weight is 280 g/mol. The summed E-state index contributed by atoms with van der Waals surface area (Å²) in [6, 6.07) is 1.81. The number of rotatable bonds is 8. The minimum Gasteiger partial charge on any atom is -0.465 e. The van der Waals surface area contributed by atoms with Crippen LogP contribution in [0.15, 0.2) is 6.07 Å². The van der Waals surface area contributed by atoms with E-state index in [0.29, 0.717) is 12.4 Å². The van der Waals surface area contributed by atoms with Gasteiger partial charge in [-0.25, -0.2) is 9.97 Å². The van der Waals surface area contributed by atoms with Gasteiger partial charge in [0.15, 0.2) is 0 Å². The molecule has 0 saturated heterocycles. The SMILES string of the molecule is CCCNc1cc(NCC(=O)OCC)nc(C(C)C)n1. The van der Waals surface area contributed by atoms with Crippen LogP contribution in [0.1, 0.15) is 45.9 Å². The molecule has 0 unspecified atom stereocenters. The summed E-state index contributed by atoms with van der Waals surface area (Å²) in [7, 11) is 0. The molecule has 2 N–H and O–H groups in total. The van der Waals surface area contributed by atoms with Crippen molar-refractivity contribution in [3.8, 4) is 0 Å². The Balaban J connectivity index is 2.77. The number of hydrogen-bond donors (Lipinski definition) is 2. The Morgan fingerprint density at radius 1 is 1.25 bits per heavy atom. The van der Waals surface area contributed by atoms with E-state index in [-0.39, 0.29) is 18.4 Å². The minimum absolute atomic E-state index is 0.107. The van der Waals surface area contributed by atoms with Crippen LogP contribution < -0.4 is 10.6 Å². The molecule has 0 radical (unpaired) electrons. The normalized spacial score (nSPS) is 10.4. The molecule has 1 rings (SSSR count). The van der Waals surface area contributed by atoms with E-state index in [9.17, 15) is 4.79 Å². The lowest BCUT2D eigenvalue weighted by Gasteiger charge is -2.12. The number of anilines is 2. The van der Waals surface area contributed by atoms with Gasteiger partial charge >= 0.3 is 5.97 Å². The molecule has 0 aliphatic carbocycles. The Kier molecular flexibility index (Phi) is 6.76. The Morgan fingerprint density at radius 3 is 2.45 bits per heavy atom. The molecule has 1 aromatic heterocycles. The maximum absolute atomic E-state index is 11.3. The third kappa shape index (κ3) is 5.42. The fraction of sp³-hybridized carbons (Fsp3) is 0.643. The molecule has 6 nitrogen and oxygen atoms in total. The third-order valence-electron chi connectivity index (χ3n) is 2.54. The summed E-state index contributed by atoms with van der Waals surface area (Å²) in [6.45, 7) is 9.29. The number of nitrogens with one attached hydrogen (secondary N) is 2. The Labute approximate surface area is 120 Å². The van der Waals surface area contributed by atoms with Gasteiger partial charge in [-0.15, -0.1) is 0 Å². The molecule has 112 valence electrons. The standard InChI is InChI=1S/C14H24N4O2/c1-5-7-15-11-8-12(16-9-13(19)20-6-2)18-14(17-11)10(3)4/h8,10H,5-7,9H2,1-4H3,(H2,15,16,17,18). The van der Waals surface area contributed by atoms with Crippen molar-refractivity contribution < 1.29 is 9.53 Å². The fourth-order valence-electron chi connectivity index (χ4n) is 1.53. The molecule has 0 atom stereocenters. The summed E-state index contributed by atoms with van der Waals surface area (Å²) in [4.78, 5) is 20.2. The average Bonchev–Trinajstić information content (AvgIpc) is 2.43. The van der Waals surface area contributed by atoms with Crippen LogP contribution >= 0.6 is 0 Å². The second kappa shape index (κ2) is 8.35. The molecule has 0 saturated carbocycles. The van der Waals surface area contributed by atoms with Crippen LogP contribution in [0.2, 0.25) is 0 Å². The molecule has 1 heterocycles. The first kappa shape index (κ1) is 16.2. The molecule has 6 heteroatoms. The summed E-state index contributed by atoms with van der Waals surface area (Å²) >= 11 is 0. The van der Waals surface area contributed by atoms with Crippen LogP contribution in [0.3, 0.4) is 0 Å². The second-order valence-electron chi connectivity index (χ2n) is 4.74. The zero-order valence-electron chi connectivity index (χ0n) is 12.7. The fourth-order valence-corrected chi connectivity index (χ4v) is 1.53. The summed E-state index contributed by atoms with van der Waals surface area (Å²) in [5.41, 5.74) is 0. The van der Waals surface area contributed by atoms with Crippen LogP contribution in [0.4, 0.5) is 11.6 Å². The first-order valence-corrected chi connectivity index (χ1v) is 7.09. The highest BCUT2D eigenvalue weighted by atomic mass is 16.5. The van der Waals surface area contributed by atoms with Crippen molar-refractivity contribution in [3.05, 3.63) is 11.9 Å². The van der Waals surface area contributed by atoms with Gasteiger partial charge in [0.2, 0.25) is 0 Å². The summed E-state index contributed by atoms with van der Waals surface area (Å²) in [5, 5.41) is 6.21. The molecular weight excluding hydrogens is 256 g/mol. The summed E-state index contributed by atoms with van der Waals surface area (Å²) < 4.78 is 4.88. The maximum atomic E-state index is 11.3. The van der Waals surface area contributed by atoms with Gasteiger partial charge < -0.3 is 15.4 Å². The maximum Gasteiger partial charge on any atom is 0.325 e. The van der Waals surface area contributed by atoms with Crippen molar-refractivity contribution in [2.24, 2.45) is 0 Å². The van der Waals surface area contributed by atoms with E-state index >= 15 is 0 Å². The molecule has 0 amide bonds. The van der Waals surface area contributed by atoms with Crippen LogP contribution in [0, 0.1) is 0 Å². The number of carbonyl (C=O) groups is 1. The Hall–Kier alpha value is -1.85. The van der Waals surface area contributed by atoms with Gasteiger partial charge in [-0.1, -0.05) is 20.8 Å². The lowest BCUT2D eigenvalue weighted by Crippen LogP contribution is -2.18. The van der Waals surface area contributed by atoms with E-state index in [1.807, 2.05) is 13.8 Å². The first-order valence-electron chi connectivity index (χ1n) is 7.09. The monoisotopic (exact) mass is 280 g/mol. The van der Waals surface area contributed by atoms with Crippen molar-refractivity contribution in [1.29, 1.82) is 0 Å². The third-order valence-corrected chi connectivity index (χ3v) is 2.54. The highest BCUT2D eigenvalue weighted by Crippen LogP contribution is 2.16. The van der Waals surface area contributed by atoms with E-state index in [0.717, 1.165) is 24.6 Å². The lowest BCUT2D eigenvalue weighted by molar-refractivity contribution is -0.140. The van der Waals surface area contributed by atoms with E-state index in [2.05, 4.69) is 27.5 Å². The van der Waals surface area contributed by atoms with Gasteiger partial charge in [0, 0.05) is 18.5 Å². The molecular formula is C14H24N4O2. The number of esters is 1. The quantitative estimate of drug-likeness (QED) is 0.712. The molecule has 0 aromatic carbocycles. The van der Waals surface area contributed by atoms with Gasteiger partial charge in [-0.2, -0.15) is 0 Å². The topological polar surface area (TPSA) is 76.1 Å². The summed E-state index contributed by atoms with van der Waals surface area (Å²) in [5.74, 6) is 2.09. The largest absolute Gasteiger partial charge is 0.465 e.